The maximum Gasteiger partial charge on any atom is 0.416 e. The molecule has 0 bridgehead atoms. The fourth-order valence-electron chi connectivity index (χ4n) is 5.94. The average Bonchev–Trinajstić information content (AvgIpc) is 2.96. The largest absolute Gasteiger partial charge is 0.416 e. The van der Waals surface area contributed by atoms with E-state index in [2.05, 4.69) is 5.32 Å². The van der Waals surface area contributed by atoms with Crippen LogP contribution in [0.4, 0.5) is 26.3 Å². The Morgan fingerprint density at radius 2 is 1.52 bits per heavy atom. The molecular formula is C31H36F6N2O3. The molecule has 11 heteroatoms. The Kier molecular flexibility index (Phi) is 9.90. The zero-order valence-corrected chi connectivity index (χ0v) is 23.6. The summed E-state index contributed by atoms with van der Waals surface area (Å²) in [7, 11) is 0. The number of amides is 2. The number of benzene rings is 2. The van der Waals surface area contributed by atoms with Crippen LogP contribution in [0, 0.1) is 5.92 Å². The molecule has 1 saturated carbocycles. The Labute approximate surface area is 241 Å². The summed E-state index contributed by atoms with van der Waals surface area (Å²) < 4.78 is 86.9. The zero-order valence-electron chi connectivity index (χ0n) is 23.6. The maximum atomic E-state index is 13.5. The van der Waals surface area contributed by atoms with E-state index in [1.807, 2.05) is 30.3 Å². The number of alkyl halides is 6. The van der Waals surface area contributed by atoms with Gasteiger partial charge in [-0.3, -0.25) is 9.59 Å². The minimum Gasteiger partial charge on any atom is -0.370 e. The van der Waals surface area contributed by atoms with Gasteiger partial charge in [0.25, 0.3) is 0 Å². The number of carbonyl (C=O) groups is 2. The van der Waals surface area contributed by atoms with E-state index in [0.29, 0.717) is 50.9 Å². The summed E-state index contributed by atoms with van der Waals surface area (Å²) >= 11 is 0. The van der Waals surface area contributed by atoms with Crippen molar-refractivity contribution in [1.29, 1.82) is 0 Å². The molecule has 2 aromatic rings. The predicted octanol–water partition coefficient (Wildman–Crippen LogP) is 7.27. The van der Waals surface area contributed by atoms with Crippen LogP contribution in [0.2, 0.25) is 0 Å². The quantitative estimate of drug-likeness (QED) is 0.341. The molecule has 5 nitrogen and oxygen atoms in total. The highest BCUT2D eigenvalue weighted by atomic mass is 19.4. The van der Waals surface area contributed by atoms with Crippen molar-refractivity contribution in [1.82, 2.24) is 10.2 Å². The highest BCUT2D eigenvalue weighted by molar-refractivity contribution is 5.79. The lowest BCUT2D eigenvalue weighted by molar-refractivity contribution is -0.143. The standard InChI is InChI=1S/C31H36F6N2O3/c1-3-28(40)38-25-11-9-21(10-12-25)29(41)39-14-13-27(26(18-39)20-7-5-4-6-8-20)42-19(2)22-15-23(30(32,33)34)17-24(16-22)31(35,36)37/h4-8,15-17,19,21,25-27H,3,9-14,18H2,1-2H3,(H,38,40)/t19-,21-,25-,26+,27+/m0/s1. The van der Waals surface area contributed by atoms with Gasteiger partial charge in [0.1, 0.15) is 0 Å². The van der Waals surface area contributed by atoms with E-state index < -0.39 is 35.7 Å². The van der Waals surface area contributed by atoms with Crippen LogP contribution in [0.5, 0.6) is 0 Å². The first-order valence-corrected chi connectivity index (χ1v) is 14.3. The monoisotopic (exact) mass is 598 g/mol. The first kappa shape index (κ1) is 31.8. The third kappa shape index (κ3) is 7.85. The Bertz CT molecular complexity index is 1190. The van der Waals surface area contributed by atoms with Gasteiger partial charge in [-0.05, 0) is 68.4 Å². The van der Waals surface area contributed by atoms with E-state index in [0.717, 1.165) is 18.4 Å². The van der Waals surface area contributed by atoms with E-state index in [4.69, 9.17) is 4.74 Å². The van der Waals surface area contributed by atoms with Gasteiger partial charge < -0.3 is 15.0 Å². The number of hydrogen-bond donors (Lipinski definition) is 1. The molecule has 4 rings (SSSR count). The van der Waals surface area contributed by atoms with E-state index in [1.54, 1.807) is 11.8 Å². The molecule has 0 aromatic heterocycles. The summed E-state index contributed by atoms with van der Waals surface area (Å²) in [6.45, 7) is 3.93. The van der Waals surface area contributed by atoms with Crippen molar-refractivity contribution in [2.75, 3.05) is 13.1 Å². The number of nitrogens with zero attached hydrogens (tertiary/aromatic N) is 1. The summed E-state index contributed by atoms with van der Waals surface area (Å²) in [6.07, 6.45) is -7.94. The van der Waals surface area contributed by atoms with E-state index >= 15 is 0 Å². The van der Waals surface area contributed by atoms with Gasteiger partial charge >= 0.3 is 12.4 Å². The topological polar surface area (TPSA) is 58.6 Å². The highest BCUT2D eigenvalue weighted by Crippen LogP contribution is 2.40. The van der Waals surface area contributed by atoms with Crippen molar-refractivity contribution >= 4 is 11.8 Å². The number of piperidine rings is 1. The molecule has 42 heavy (non-hydrogen) atoms. The number of hydrogen-bond acceptors (Lipinski definition) is 3. The zero-order chi connectivity index (χ0) is 30.7. The molecule has 1 aliphatic heterocycles. The normalized spacial score (nSPS) is 24.2. The second-order valence-corrected chi connectivity index (χ2v) is 11.2. The van der Waals surface area contributed by atoms with Gasteiger partial charge in [-0.25, -0.2) is 0 Å². The van der Waals surface area contributed by atoms with Gasteiger partial charge in [-0.2, -0.15) is 26.3 Å². The van der Waals surface area contributed by atoms with Crippen LogP contribution in [-0.2, 0) is 26.7 Å². The van der Waals surface area contributed by atoms with Gasteiger partial charge in [0.2, 0.25) is 11.8 Å². The molecule has 1 heterocycles. The molecule has 2 aromatic carbocycles. The SMILES string of the molecule is CCC(=O)N[C@H]1CC[C@H](C(=O)N2CC[C@@H](O[C@@H](C)c3cc(C(F)(F)F)cc(C(F)(F)F)c3)[C@@H](c3ccccc3)C2)CC1. The minimum absolute atomic E-state index is 0.00783. The molecule has 0 spiro atoms. The molecule has 230 valence electrons. The van der Waals surface area contributed by atoms with Crippen LogP contribution < -0.4 is 5.32 Å². The first-order valence-electron chi connectivity index (χ1n) is 14.3. The van der Waals surface area contributed by atoms with Gasteiger partial charge in [0, 0.05) is 37.4 Å². The number of carbonyl (C=O) groups excluding carboxylic acids is 2. The average molecular weight is 599 g/mol. The van der Waals surface area contributed by atoms with Gasteiger partial charge in [0.15, 0.2) is 0 Å². The lowest BCUT2D eigenvalue weighted by Crippen LogP contribution is -2.49. The van der Waals surface area contributed by atoms with Crippen LogP contribution >= 0.6 is 0 Å². The summed E-state index contributed by atoms with van der Waals surface area (Å²) in [5.41, 5.74) is -2.11. The van der Waals surface area contributed by atoms with Crippen LogP contribution in [0.3, 0.4) is 0 Å². The number of likely N-dealkylation sites (tertiary alicyclic amines) is 1. The Balaban J connectivity index is 1.50. The van der Waals surface area contributed by atoms with Crippen LogP contribution in [-0.4, -0.2) is 41.9 Å². The van der Waals surface area contributed by atoms with Crippen molar-refractivity contribution in [3.63, 3.8) is 0 Å². The Morgan fingerprint density at radius 3 is 2.07 bits per heavy atom. The molecule has 2 amide bonds. The minimum atomic E-state index is -4.95. The van der Waals surface area contributed by atoms with Gasteiger partial charge in [-0.1, -0.05) is 37.3 Å². The first-order chi connectivity index (χ1) is 19.8. The number of halogens is 6. The van der Waals surface area contributed by atoms with E-state index in [9.17, 15) is 35.9 Å². The van der Waals surface area contributed by atoms with Crippen LogP contribution in [0.15, 0.2) is 48.5 Å². The van der Waals surface area contributed by atoms with Crippen molar-refractivity contribution in [3.8, 4) is 0 Å². The van der Waals surface area contributed by atoms with Crippen molar-refractivity contribution in [2.45, 2.75) is 88.9 Å². The van der Waals surface area contributed by atoms with E-state index in [-0.39, 0.29) is 41.3 Å². The fourth-order valence-corrected chi connectivity index (χ4v) is 5.94. The molecule has 3 atom stereocenters. The van der Waals surface area contributed by atoms with Gasteiger partial charge in [-0.15, -0.1) is 0 Å². The third-order valence-electron chi connectivity index (χ3n) is 8.31. The second kappa shape index (κ2) is 13.1. The lowest BCUT2D eigenvalue weighted by atomic mass is 9.83. The number of ether oxygens (including phenoxy) is 1. The molecule has 1 N–H and O–H groups in total. The Morgan fingerprint density at radius 1 is 0.929 bits per heavy atom. The van der Waals surface area contributed by atoms with Crippen LogP contribution in [0.1, 0.15) is 86.6 Å². The number of rotatable bonds is 7. The van der Waals surface area contributed by atoms with E-state index in [1.165, 1.54) is 6.92 Å². The predicted molar refractivity (Wildman–Crippen MR) is 144 cm³/mol. The third-order valence-corrected chi connectivity index (χ3v) is 8.31. The molecular weight excluding hydrogens is 562 g/mol. The Hall–Kier alpha value is -3.08. The highest BCUT2D eigenvalue weighted by Gasteiger charge is 2.40. The summed E-state index contributed by atoms with van der Waals surface area (Å²) in [5, 5.41) is 2.99. The van der Waals surface area contributed by atoms with Crippen molar-refractivity contribution in [2.24, 2.45) is 5.92 Å². The molecule has 0 unspecified atom stereocenters. The summed E-state index contributed by atoms with van der Waals surface area (Å²) in [5.74, 6) is -0.472. The summed E-state index contributed by atoms with van der Waals surface area (Å²) in [4.78, 5) is 27.0. The van der Waals surface area contributed by atoms with Gasteiger partial charge in [0.05, 0.1) is 23.3 Å². The molecule has 1 saturated heterocycles. The molecule has 2 fully saturated rings. The number of nitrogens with one attached hydrogen (secondary N) is 1. The van der Waals surface area contributed by atoms with Crippen molar-refractivity contribution < 1.29 is 40.7 Å². The maximum absolute atomic E-state index is 13.5. The summed E-state index contributed by atoms with van der Waals surface area (Å²) in [6, 6.07) is 10.9. The van der Waals surface area contributed by atoms with Crippen molar-refractivity contribution in [3.05, 3.63) is 70.8 Å². The molecule has 2 aliphatic rings. The molecule has 0 radical (unpaired) electrons. The molecule has 1 aliphatic carbocycles. The lowest BCUT2D eigenvalue weighted by Gasteiger charge is -2.42. The van der Waals surface area contributed by atoms with Crippen LogP contribution in [0.25, 0.3) is 0 Å². The fraction of sp³-hybridized carbons (Fsp3) is 0.548. The second-order valence-electron chi connectivity index (χ2n) is 11.2. The smallest absolute Gasteiger partial charge is 0.370 e.